The van der Waals surface area contributed by atoms with Gasteiger partial charge in [0.05, 0.1) is 16.9 Å². The maximum absolute atomic E-state index is 13.6. The summed E-state index contributed by atoms with van der Waals surface area (Å²) in [5, 5.41) is 3.13. The Kier molecular flexibility index (Phi) is 8.51. The van der Waals surface area contributed by atoms with Crippen LogP contribution in [0.4, 0.5) is 11.4 Å². The van der Waals surface area contributed by atoms with Gasteiger partial charge in [-0.1, -0.05) is 24.3 Å². The number of hydrogen-bond acceptors (Lipinski definition) is 7. The molecule has 1 aromatic heterocycles. The van der Waals surface area contributed by atoms with Crippen molar-refractivity contribution in [1.29, 1.82) is 0 Å². The van der Waals surface area contributed by atoms with Crippen molar-refractivity contribution in [3.63, 3.8) is 0 Å². The van der Waals surface area contributed by atoms with Crippen molar-refractivity contribution in [3.8, 4) is 22.6 Å². The Hall–Kier alpha value is -4.89. The fourth-order valence-electron chi connectivity index (χ4n) is 5.56. The number of pyridine rings is 1. The largest absolute Gasteiger partial charge is 0.454 e. The zero-order chi connectivity index (χ0) is 29.6. The molecule has 3 aromatic carbocycles. The van der Waals surface area contributed by atoms with Crippen molar-refractivity contribution in [2.24, 2.45) is 5.73 Å². The SMILES string of the molecule is NCCCN(Cc1cccc(-c2ccc(N3CCCC3)c(NC(=O)c3cccnc3)c2)c1)C(=O)c1ccc2c(c1)OCO2. The summed E-state index contributed by atoms with van der Waals surface area (Å²) in [5.41, 5.74) is 11.6. The molecule has 0 bridgehead atoms. The molecule has 9 heteroatoms. The normalized spacial score (nSPS) is 13.7. The molecule has 0 aliphatic carbocycles. The molecule has 4 aromatic rings. The van der Waals surface area contributed by atoms with Gasteiger partial charge in [-0.25, -0.2) is 0 Å². The third-order valence-electron chi connectivity index (χ3n) is 7.79. The summed E-state index contributed by atoms with van der Waals surface area (Å²) in [6, 6.07) is 23.2. The first-order valence-electron chi connectivity index (χ1n) is 14.7. The molecule has 0 atom stereocenters. The van der Waals surface area contributed by atoms with E-state index in [1.54, 1.807) is 42.7 Å². The smallest absolute Gasteiger partial charge is 0.257 e. The molecule has 0 saturated carbocycles. The second-order valence-corrected chi connectivity index (χ2v) is 10.8. The molecule has 6 rings (SSSR count). The first kappa shape index (κ1) is 28.2. The average Bonchev–Trinajstić information content (AvgIpc) is 3.76. The highest BCUT2D eigenvalue weighted by Crippen LogP contribution is 2.35. The Bertz CT molecular complexity index is 1600. The number of aromatic nitrogens is 1. The first-order valence-corrected chi connectivity index (χ1v) is 14.7. The van der Waals surface area contributed by atoms with Crippen LogP contribution in [0.1, 0.15) is 45.5 Å². The summed E-state index contributed by atoms with van der Waals surface area (Å²) < 4.78 is 10.9. The van der Waals surface area contributed by atoms with Crippen LogP contribution >= 0.6 is 0 Å². The Balaban J connectivity index is 1.26. The highest BCUT2D eigenvalue weighted by molar-refractivity contribution is 6.06. The van der Waals surface area contributed by atoms with Gasteiger partial charge < -0.3 is 30.3 Å². The fourth-order valence-corrected chi connectivity index (χ4v) is 5.56. The van der Waals surface area contributed by atoms with E-state index >= 15 is 0 Å². The monoisotopic (exact) mass is 577 g/mol. The number of nitrogens with zero attached hydrogens (tertiary/aromatic N) is 3. The maximum atomic E-state index is 13.6. The third-order valence-corrected chi connectivity index (χ3v) is 7.79. The second-order valence-electron chi connectivity index (χ2n) is 10.8. The molecule has 2 amide bonds. The van der Waals surface area contributed by atoms with Crippen LogP contribution in [0.3, 0.4) is 0 Å². The molecular formula is C34H35N5O4. The molecule has 43 heavy (non-hydrogen) atoms. The zero-order valence-electron chi connectivity index (χ0n) is 24.0. The predicted molar refractivity (Wildman–Crippen MR) is 166 cm³/mol. The lowest BCUT2D eigenvalue weighted by Gasteiger charge is -2.24. The van der Waals surface area contributed by atoms with Crippen LogP contribution in [0, 0.1) is 0 Å². The highest BCUT2D eigenvalue weighted by atomic mass is 16.7. The van der Waals surface area contributed by atoms with Gasteiger partial charge in [-0.3, -0.25) is 14.6 Å². The zero-order valence-corrected chi connectivity index (χ0v) is 24.0. The maximum Gasteiger partial charge on any atom is 0.257 e. The van der Waals surface area contributed by atoms with E-state index < -0.39 is 0 Å². The lowest BCUT2D eigenvalue weighted by molar-refractivity contribution is 0.0741. The average molecular weight is 578 g/mol. The quantitative estimate of drug-likeness (QED) is 0.263. The van der Waals surface area contributed by atoms with E-state index in [9.17, 15) is 9.59 Å². The van der Waals surface area contributed by atoms with E-state index in [0.29, 0.717) is 48.7 Å². The van der Waals surface area contributed by atoms with E-state index in [0.717, 1.165) is 54.0 Å². The number of carbonyl (C=O) groups is 2. The van der Waals surface area contributed by atoms with Gasteiger partial charge in [0.2, 0.25) is 6.79 Å². The number of fused-ring (bicyclic) bond motifs is 1. The number of nitrogens with two attached hydrogens (primary N) is 1. The summed E-state index contributed by atoms with van der Waals surface area (Å²) in [6.45, 7) is 3.52. The first-order chi connectivity index (χ1) is 21.1. The molecule has 0 unspecified atom stereocenters. The number of anilines is 2. The van der Waals surface area contributed by atoms with Crippen molar-refractivity contribution in [3.05, 3.63) is 102 Å². The molecule has 2 aliphatic heterocycles. The van der Waals surface area contributed by atoms with Crippen molar-refractivity contribution in [2.45, 2.75) is 25.8 Å². The van der Waals surface area contributed by atoms with E-state index in [1.165, 1.54) is 0 Å². The minimum absolute atomic E-state index is 0.0903. The van der Waals surface area contributed by atoms with Gasteiger partial charge in [0.25, 0.3) is 11.8 Å². The summed E-state index contributed by atoms with van der Waals surface area (Å²) in [7, 11) is 0. The van der Waals surface area contributed by atoms with Gasteiger partial charge in [-0.05, 0) is 91.0 Å². The molecule has 3 heterocycles. The van der Waals surface area contributed by atoms with Crippen molar-refractivity contribution < 1.29 is 19.1 Å². The minimum atomic E-state index is -0.197. The lowest BCUT2D eigenvalue weighted by Crippen LogP contribution is -2.32. The molecule has 220 valence electrons. The molecular weight excluding hydrogens is 542 g/mol. The molecule has 9 nitrogen and oxygen atoms in total. The fraction of sp³-hybridized carbons (Fsp3) is 0.265. The highest BCUT2D eigenvalue weighted by Gasteiger charge is 2.22. The van der Waals surface area contributed by atoms with Crippen LogP contribution in [0.5, 0.6) is 11.5 Å². The van der Waals surface area contributed by atoms with Crippen LogP contribution < -0.4 is 25.4 Å². The van der Waals surface area contributed by atoms with E-state index in [-0.39, 0.29) is 18.6 Å². The number of nitrogens with one attached hydrogen (secondary N) is 1. The van der Waals surface area contributed by atoms with Crippen LogP contribution in [0.2, 0.25) is 0 Å². The van der Waals surface area contributed by atoms with Gasteiger partial charge in [-0.2, -0.15) is 0 Å². The summed E-state index contributed by atoms with van der Waals surface area (Å²) in [6.07, 6.45) is 6.17. The molecule has 3 N–H and O–H groups in total. The van der Waals surface area contributed by atoms with Crippen molar-refractivity contribution in [1.82, 2.24) is 9.88 Å². The molecule has 1 fully saturated rings. The van der Waals surface area contributed by atoms with Crippen LogP contribution in [-0.2, 0) is 6.54 Å². The van der Waals surface area contributed by atoms with Gasteiger partial charge in [0.1, 0.15) is 0 Å². The van der Waals surface area contributed by atoms with Crippen LogP contribution in [-0.4, -0.2) is 54.7 Å². The number of rotatable bonds is 10. The Labute approximate surface area is 251 Å². The number of hydrogen-bond donors (Lipinski definition) is 2. The predicted octanol–water partition coefficient (Wildman–Crippen LogP) is 5.32. The number of amides is 2. The van der Waals surface area contributed by atoms with Crippen LogP contribution in [0.25, 0.3) is 11.1 Å². The summed E-state index contributed by atoms with van der Waals surface area (Å²) >= 11 is 0. The Morgan fingerprint density at radius 1 is 0.907 bits per heavy atom. The van der Waals surface area contributed by atoms with Crippen LogP contribution in [0.15, 0.2) is 85.2 Å². The molecule has 2 aliphatic rings. The summed E-state index contributed by atoms with van der Waals surface area (Å²) in [5.74, 6) is 0.935. The van der Waals surface area contributed by atoms with E-state index in [4.69, 9.17) is 15.2 Å². The summed E-state index contributed by atoms with van der Waals surface area (Å²) in [4.78, 5) is 34.9. The van der Waals surface area contributed by atoms with E-state index in [1.807, 2.05) is 29.2 Å². The number of carbonyl (C=O) groups excluding carboxylic acids is 2. The minimum Gasteiger partial charge on any atom is -0.454 e. The second kappa shape index (κ2) is 13.0. The number of benzene rings is 3. The van der Waals surface area contributed by atoms with Gasteiger partial charge >= 0.3 is 0 Å². The molecule has 0 spiro atoms. The van der Waals surface area contributed by atoms with Gasteiger partial charge in [0.15, 0.2) is 11.5 Å². The molecule has 1 saturated heterocycles. The third kappa shape index (κ3) is 6.47. The van der Waals surface area contributed by atoms with E-state index in [2.05, 4.69) is 33.4 Å². The Morgan fingerprint density at radius 2 is 1.74 bits per heavy atom. The van der Waals surface area contributed by atoms with Gasteiger partial charge in [0, 0.05) is 44.1 Å². The number of ether oxygens (including phenoxy) is 2. The van der Waals surface area contributed by atoms with Gasteiger partial charge in [-0.15, -0.1) is 0 Å². The molecule has 0 radical (unpaired) electrons. The standard InChI is InChI=1S/C34H35N5O4/c35-13-5-17-39(34(41)27-10-12-31-32(20-27)43-23-42-31)22-24-6-3-7-25(18-24)26-9-11-30(38-15-1-2-16-38)29(19-26)37-33(40)28-8-4-14-36-21-28/h3-4,6-12,14,18-21H,1-2,5,13,15-17,22-23,35H2,(H,37,40). The topological polar surface area (TPSA) is 110 Å². The van der Waals surface area contributed by atoms with Crippen molar-refractivity contribution >= 4 is 23.2 Å². The Morgan fingerprint density at radius 3 is 2.56 bits per heavy atom. The van der Waals surface area contributed by atoms with Crippen molar-refractivity contribution in [2.75, 3.05) is 43.2 Å². The lowest BCUT2D eigenvalue weighted by atomic mass is 10.0.